The fourth-order valence-corrected chi connectivity index (χ4v) is 2.63. The van der Waals surface area contributed by atoms with Crippen LogP contribution in [-0.2, 0) is 6.42 Å². The summed E-state index contributed by atoms with van der Waals surface area (Å²) in [7, 11) is 0. The number of halogens is 1. The van der Waals surface area contributed by atoms with Gasteiger partial charge in [0.1, 0.15) is 5.82 Å². The standard InChI is InChI=1S/C19H23FN2S/c1-3-12-21-19(23)22-18(16-6-5-7-17(20)13-16)15-10-8-14(4-2)9-11-15/h5-11,13,18H,3-4,12H2,1-2H3,(H2,21,22,23)/t18-/m1/s1. The Morgan fingerprint density at radius 1 is 1.09 bits per heavy atom. The zero-order valence-corrected chi connectivity index (χ0v) is 14.4. The highest BCUT2D eigenvalue weighted by Crippen LogP contribution is 2.23. The maximum Gasteiger partial charge on any atom is 0.167 e. The van der Waals surface area contributed by atoms with Crippen LogP contribution < -0.4 is 10.6 Å². The van der Waals surface area contributed by atoms with Gasteiger partial charge in [-0.25, -0.2) is 4.39 Å². The van der Waals surface area contributed by atoms with Crippen LogP contribution in [0.5, 0.6) is 0 Å². The summed E-state index contributed by atoms with van der Waals surface area (Å²) < 4.78 is 13.6. The quantitative estimate of drug-likeness (QED) is 0.770. The predicted octanol–water partition coefficient (Wildman–Crippen LogP) is 4.35. The first-order valence-corrected chi connectivity index (χ1v) is 8.43. The lowest BCUT2D eigenvalue weighted by molar-refractivity contribution is 0.620. The third-order valence-corrected chi connectivity index (χ3v) is 3.98. The number of thiocarbonyl (C=S) groups is 1. The number of rotatable bonds is 6. The topological polar surface area (TPSA) is 24.1 Å². The minimum atomic E-state index is -0.244. The highest BCUT2D eigenvalue weighted by atomic mass is 32.1. The van der Waals surface area contributed by atoms with E-state index in [4.69, 9.17) is 12.2 Å². The molecule has 0 saturated heterocycles. The van der Waals surface area contributed by atoms with Crippen LogP contribution in [0.15, 0.2) is 48.5 Å². The summed E-state index contributed by atoms with van der Waals surface area (Å²) in [5, 5.41) is 7.05. The van der Waals surface area contributed by atoms with Crippen LogP contribution in [0.2, 0.25) is 0 Å². The SMILES string of the molecule is CCCNC(=S)N[C@H](c1ccc(CC)cc1)c1cccc(F)c1. The highest BCUT2D eigenvalue weighted by molar-refractivity contribution is 7.80. The maximum absolute atomic E-state index is 13.6. The summed E-state index contributed by atoms with van der Waals surface area (Å²) in [5.74, 6) is -0.244. The Hall–Kier alpha value is -1.94. The minimum absolute atomic E-state index is 0.173. The molecule has 2 aromatic rings. The summed E-state index contributed by atoms with van der Waals surface area (Å²) in [4.78, 5) is 0. The van der Waals surface area contributed by atoms with Crippen LogP contribution in [0.3, 0.4) is 0 Å². The second-order valence-electron chi connectivity index (χ2n) is 5.48. The molecule has 0 aromatic heterocycles. The molecule has 0 aliphatic heterocycles. The van der Waals surface area contributed by atoms with Gasteiger partial charge >= 0.3 is 0 Å². The van der Waals surface area contributed by atoms with E-state index in [0.29, 0.717) is 5.11 Å². The Morgan fingerprint density at radius 3 is 2.43 bits per heavy atom. The summed E-state index contributed by atoms with van der Waals surface area (Å²) in [5.41, 5.74) is 3.20. The molecule has 122 valence electrons. The molecule has 0 aliphatic carbocycles. The third-order valence-electron chi connectivity index (χ3n) is 3.71. The molecule has 0 spiro atoms. The van der Waals surface area contributed by atoms with Crippen molar-refractivity contribution in [2.45, 2.75) is 32.7 Å². The Kier molecular flexibility index (Phi) is 6.53. The van der Waals surface area contributed by atoms with E-state index in [1.54, 1.807) is 12.1 Å². The average Bonchev–Trinajstić information content (AvgIpc) is 2.58. The first kappa shape index (κ1) is 17.4. The number of hydrogen-bond acceptors (Lipinski definition) is 1. The molecular weight excluding hydrogens is 307 g/mol. The van der Waals surface area contributed by atoms with Crippen LogP contribution in [0.25, 0.3) is 0 Å². The van der Waals surface area contributed by atoms with E-state index in [1.165, 1.54) is 11.6 Å². The van der Waals surface area contributed by atoms with Gasteiger partial charge in [-0.3, -0.25) is 0 Å². The van der Waals surface area contributed by atoms with Crippen LogP contribution in [0.1, 0.15) is 43.0 Å². The second kappa shape index (κ2) is 8.63. The molecule has 23 heavy (non-hydrogen) atoms. The van der Waals surface area contributed by atoms with Crippen LogP contribution in [0.4, 0.5) is 4.39 Å². The van der Waals surface area contributed by atoms with Gasteiger partial charge in [-0.2, -0.15) is 0 Å². The van der Waals surface area contributed by atoms with Gasteiger partial charge in [0, 0.05) is 6.54 Å². The van der Waals surface area contributed by atoms with Gasteiger partial charge in [0.05, 0.1) is 6.04 Å². The van der Waals surface area contributed by atoms with Crippen molar-refractivity contribution >= 4 is 17.3 Å². The van der Waals surface area contributed by atoms with E-state index < -0.39 is 0 Å². The Morgan fingerprint density at radius 2 is 1.83 bits per heavy atom. The van der Waals surface area contributed by atoms with Gasteiger partial charge in [0.2, 0.25) is 0 Å². The molecule has 4 heteroatoms. The summed E-state index contributed by atoms with van der Waals surface area (Å²) in [6.45, 7) is 5.03. The summed E-state index contributed by atoms with van der Waals surface area (Å²) in [6.07, 6.45) is 1.99. The molecule has 0 fully saturated rings. The normalized spacial score (nSPS) is 11.8. The summed E-state index contributed by atoms with van der Waals surface area (Å²) >= 11 is 5.36. The van der Waals surface area contributed by atoms with Gasteiger partial charge in [-0.15, -0.1) is 0 Å². The molecule has 2 N–H and O–H groups in total. The molecule has 2 rings (SSSR count). The predicted molar refractivity (Wildman–Crippen MR) is 98.1 cm³/mol. The molecule has 0 amide bonds. The molecule has 0 heterocycles. The van der Waals surface area contributed by atoms with Crippen molar-refractivity contribution < 1.29 is 4.39 Å². The van der Waals surface area contributed by atoms with Gasteiger partial charge in [0.25, 0.3) is 0 Å². The molecule has 0 unspecified atom stereocenters. The van der Waals surface area contributed by atoms with Crippen LogP contribution in [0, 0.1) is 5.82 Å². The van der Waals surface area contributed by atoms with Crippen molar-refractivity contribution in [1.29, 1.82) is 0 Å². The molecule has 0 aliphatic rings. The van der Waals surface area contributed by atoms with Gasteiger partial charge in [-0.1, -0.05) is 50.2 Å². The van der Waals surface area contributed by atoms with E-state index in [9.17, 15) is 4.39 Å². The fourth-order valence-electron chi connectivity index (χ4n) is 2.41. The maximum atomic E-state index is 13.6. The summed E-state index contributed by atoms with van der Waals surface area (Å²) in [6, 6.07) is 14.8. The lowest BCUT2D eigenvalue weighted by Gasteiger charge is -2.22. The number of benzene rings is 2. The van der Waals surface area contributed by atoms with E-state index >= 15 is 0 Å². The molecule has 0 radical (unpaired) electrons. The zero-order chi connectivity index (χ0) is 16.7. The van der Waals surface area contributed by atoms with Crippen molar-refractivity contribution in [3.05, 3.63) is 71.0 Å². The first-order valence-electron chi connectivity index (χ1n) is 8.02. The first-order chi connectivity index (χ1) is 11.1. The van der Waals surface area contributed by atoms with E-state index in [-0.39, 0.29) is 11.9 Å². The molecular formula is C19H23FN2S. The molecule has 2 nitrogen and oxygen atoms in total. The van der Waals surface area contributed by atoms with E-state index in [2.05, 4.69) is 48.7 Å². The Bertz CT molecular complexity index is 640. The smallest absolute Gasteiger partial charge is 0.167 e. The second-order valence-corrected chi connectivity index (χ2v) is 5.89. The lowest BCUT2D eigenvalue weighted by atomic mass is 9.97. The number of nitrogens with one attached hydrogen (secondary N) is 2. The van der Waals surface area contributed by atoms with Gasteiger partial charge in [-0.05, 0) is 53.9 Å². The Labute approximate surface area is 143 Å². The molecule has 1 atom stereocenters. The lowest BCUT2D eigenvalue weighted by Crippen LogP contribution is -2.38. The molecule has 0 saturated carbocycles. The fraction of sp³-hybridized carbons (Fsp3) is 0.316. The van der Waals surface area contributed by atoms with Crippen LogP contribution in [-0.4, -0.2) is 11.7 Å². The zero-order valence-electron chi connectivity index (χ0n) is 13.6. The van der Waals surface area contributed by atoms with Crippen molar-refractivity contribution in [2.75, 3.05) is 6.54 Å². The van der Waals surface area contributed by atoms with Gasteiger partial charge < -0.3 is 10.6 Å². The monoisotopic (exact) mass is 330 g/mol. The molecule has 0 bridgehead atoms. The number of hydrogen-bond donors (Lipinski definition) is 2. The van der Waals surface area contributed by atoms with Crippen molar-refractivity contribution in [3.63, 3.8) is 0 Å². The minimum Gasteiger partial charge on any atom is -0.363 e. The third kappa shape index (κ3) is 5.03. The van der Waals surface area contributed by atoms with Crippen molar-refractivity contribution in [1.82, 2.24) is 10.6 Å². The molecule has 2 aromatic carbocycles. The van der Waals surface area contributed by atoms with Crippen molar-refractivity contribution in [2.24, 2.45) is 0 Å². The largest absolute Gasteiger partial charge is 0.363 e. The van der Waals surface area contributed by atoms with E-state index in [1.807, 2.05) is 6.07 Å². The Balaban J connectivity index is 2.28. The average molecular weight is 330 g/mol. The van der Waals surface area contributed by atoms with E-state index in [0.717, 1.165) is 30.5 Å². The van der Waals surface area contributed by atoms with Crippen LogP contribution >= 0.6 is 12.2 Å². The van der Waals surface area contributed by atoms with Gasteiger partial charge in [0.15, 0.2) is 5.11 Å². The number of aryl methyl sites for hydroxylation is 1. The van der Waals surface area contributed by atoms with Crippen molar-refractivity contribution in [3.8, 4) is 0 Å². The highest BCUT2D eigenvalue weighted by Gasteiger charge is 2.15.